The number of nitrogens with one attached hydrogen (secondary N) is 1. The molecule has 0 saturated heterocycles. The largest absolute Gasteiger partial charge is 0.464 e. The lowest BCUT2D eigenvalue weighted by atomic mass is 9.88. The molecule has 0 spiro atoms. The highest BCUT2D eigenvalue weighted by molar-refractivity contribution is 6.30. The SMILES string of the molecule is CCOC(=O)C(NC(=O)OC(C)(C)C)c1nc(Cl)c(C(C)(C)C)cc1F. The summed E-state index contributed by atoms with van der Waals surface area (Å²) >= 11 is 6.18. The molecule has 0 saturated carbocycles. The summed E-state index contributed by atoms with van der Waals surface area (Å²) in [6, 6.07) is -0.260. The van der Waals surface area contributed by atoms with Gasteiger partial charge in [0.1, 0.15) is 22.3 Å². The van der Waals surface area contributed by atoms with Crippen LogP contribution < -0.4 is 5.32 Å². The molecule has 1 heterocycles. The van der Waals surface area contributed by atoms with Crippen LogP contribution in [0.4, 0.5) is 9.18 Å². The van der Waals surface area contributed by atoms with Crippen molar-refractivity contribution in [3.63, 3.8) is 0 Å². The van der Waals surface area contributed by atoms with Crippen molar-refractivity contribution < 1.29 is 23.5 Å². The average Bonchev–Trinajstić information content (AvgIpc) is 2.44. The molecule has 26 heavy (non-hydrogen) atoms. The fourth-order valence-electron chi connectivity index (χ4n) is 2.10. The van der Waals surface area contributed by atoms with Gasteiger partial charge >= 0.3 is 12.1 Å². The van der Waals surface area contributed by atoms with Crippen LogP contribution in [0.5, 0.6) is 0 Å². The van der Waals surface area contributed by atoms with E-state index < -0.39 is 34.9 Å². The Labute approximate surface area is 158 Å². The van der Waals surface area contributed by atoms with E-state index in [1.54, 1.807) is 27.7 Å². The molecule has 1 unspecified atom stereocenters. The van der Waals surface area contributed by atoms with Gasteiger partial charge in [0, 0.05) is 0 Å². The maximum atomic E-state index is 14.7. The van der Waals surface area contributed by atoms with Gasteiger partial charge in [-0.3, -0.25) is 0 Å². The molecule has 0 aliphatic rings. The van der Waals surface area contributed by atoms with E-state index in [9.17, 15) is 14.0 Å². The number of ether oxygens (including phenoxy) is 2. The van der Waals surface area contributed by atoms with E-state index in [0.717, 1.165) is 0 Å². The van der Waals surface area contributed by atoms with Gasteiger partial charge in [0.2, 0.25) is 0 Å². The lowest BCUT2D eigenvalue weighted by Gasteiger charge is -2.24. The van der Waals surface area contributed by atoms with Crippen LogP contribution in [-0.2, 0) is 19.7 Å². The van der Waals surface area contributed by atoms with Crippen molar-refractivity contribution in [2.24, 2.45) is 0 Å². The van der Waals surface area contributed by atoms with E-state index in [-0.39, 0.29) is 17.5 Å². The Bertz CT molecular complexity index is 681. The molecule has 1 aromatic rings. The molecule has 0 aliphatic carbocycles. The van der Waals surface area contributed by atoms with Gasteiger partial charge in [-0.15, -0.1) is 0 Å². The first-order valence-electron chi connectivity index (χ1n) is 8.28. The molecule has 1 amide bonds. The molecule has 8 heteroatoms. The minimum atomic E-state index is -1.48. The Morgan fingerprint density at radius 1 is 1.27 bits per heavy atom. The van der Waals surface area contributed by atoms with Gasteiger partial charge in [0.15, 0.2) is 6.04 Å². The van der Waals surface area contributed by atoms with Crippen molar-refractivity contribution in [1.82, 2.24) is 10.3 Å². The molecule has 0 aromatic carbocycles. The lowest BCUT2D eigenvalue weighted by molar-refractivity contribution is -0.146. The molecular formula is C18H26ClFN2O4. The second-order valence-electron chi connectivity index (χ2n) is 7.78. The van der Waals surface area contributed by atoms with E-state index in [1.165, 1.54) is 6.07 Å². The van der Waals surface area contributed by atoms with Gasteiger partial charge in [-0.25, -0.2) is 19.0 Å². The molecule has 0 aliphatic heterocycles. The summed E-state index contributed by atoms with van der Waals surface area (Å²) in [5.74, 6) is -1.63. The quantitative estimate of drug-likeness (QED) is 0.614. The first-order valence-corrected chi connectivity index (χ1v) is 8.66. The summed E-state index contributed by atoms with van der Waals surface area (Å²) in [5, 5.41) is 2.35. The highest BCUT2D eigenvalue weighted by atomic mass is 35.5. The first kappa shape index (κ1) is 22.2. The molecule has 1 N–H and O–H groups in total. The molecule has 0 radical (unpaired) electrons. The highest BCUT2D eigenvalue weighted by Gasteiger charge is 2.32. The summed E-state index contributed by atoms with van der Waals surface area (Å²) in [6.07, 6.45) is -0.896. The van der Waals surface area contributed by atoms with Crippen molar-refractivity contribution in [1.29, 1.82) is 0 Å². The molecule has 0 bridgehead atoms. The van der Waals surface area contributed by atoms with Crippen LogP contribution >= 0.6 is 11.6 Å². The molecule has 0 fully saturated rings. The zero-order chi connectivity index (χ0) is 20.3. The Hall–Kier alpha value is -1.89. The summed E-state index contributed by atoms with van der Waals surface area (Å²) in [5.41, 5.74) is -1.07. The topological polar surface area (TPSA) is 77.5 Å². The normalized spacial score (nSPS) is 13.1. The van der Waals surface area contributed by atoms with Crippen LogP contribution in [0.1, 0.15) is 65.8 Å². The van der Waals surface area contributed by atoms with Crippen LogP contribution in [0.2, 0.25) is 5.15 Å². The van der Waals surface area contributed by atoms with Gasteiger partial charge in [-0.1, -0.05) is 32.4 Å². The lowest BCUT2D eigenvalue weighted by Crippen LogP contribution is -2.39. The molecule has 1 atom stereocenters. The van der Waals surface area contributed by atoms with Crippen LogP contribution in [0.15, 0.2) is 6.07 Å². The Morgan fingerprint density at radius 3 is 2.31 bits per heavy atom. The zero-order valence-corrected chi connectivity index (χ0v) is 17.0. The molecule has 6 nitrogen and oxygen atoms in total. The third kappa shape index (κ3) is 6.12. The van der Waals surface area contributed by atoms with Crippen molar-refractivity contribution >= 4 is 23.7 Å². The number of aromatic nitrogens is 1. The Kier molecular flexibility index (Phi) is 6.99. The van der Waals surface area contributed by atoms with Gasteiger partial charge in [0.05, 0.1) is 6.61 Å². The van der Waals surface area contributed by atoms with Crippen molar-refractivity contribution in [3.05, 3.63) is 28.3 Å². The van der Waals surface area contributed by atoms with Crippen molar-refractivity contribution in [2.45, 2.75) is 65.5 Å². The molecule has 1 rings (SSSR count). The maximum absolute atomic E-state index is 14.7. The van der Waals surface area contributed by atoms with E-state index in [2.05, 4.69) is 10.3 Å². The van der Waals surface area contributed by atoms with Gasteiger partial charge in [-0.05, 0) is 44.7 Å². The number of hydrogen-bond donors (Lipinski definition) is 1. The van der Waals surface area contributed by atoms with Crippen LogP contribution in [0.25, 0.3) is 0 Å². The molecule has 146 valence electrons. The Balaban J connectivity index is 3.29. The van der Waals surface area contributed by atoms with Crippen LogP contribution in [0, 0.1) is 5.82 Å². The second-order valence-corrected chi connectivity index (χ2v) is 8.13. The number of pyridine rings is 1. The number of carbonyl (C=O) groups is 2. The minimum absolute atomic E-state index is 0.0502. The standard InChI is InChI=1S/C18H26ClFN2O4/c1-8-25-15(23)13(22-16(24)26-18(5,6)7)12-11(20)9-10(14(19)21-12)17(2,3)4/h9,13H,8H2,1-7H3,(H,22,24). The van der Waals surface area contributed by atoms with Crippen LogP contribution in [0.3, 0.4) is 0 Å². The van der Waals surface area contributed by atoms with Gasteiger partial charge in [0.25, 0.3) is 0 Å². The predicted molar refractivity (Wildman–Crippen MR) is 96.6 cm³/mol. The number of rotatable bonds is 4. The highest BCUT2D eigenvalue weighted by Crippen LogP contribution is 2.31. The summed E-state index contributed by atoms with van der Waals surface area (Å²) in [4.78, 5) is 28.3. The number of nitrogens with zero attached hydrogens (tertiary/aromatic N) is 1. The summed E-state index contributed by atoms with van der Waals surface area (Å²) < 4.78 is 24.7. The van der Waals surface area contributed by atoms with Crippen molar-refractivity contribution in [3.8, 4) is 0 Å². The van der Waals surface area contributed by atoms with Gasteiger partial charge in [-0.2, -0.15) is 0 Å². The van der Waals surface area contributed by atoms with E-state index in [1.807, 2.05) is 20.8 Å². The Morgan fingerprint density at radius 2 is 1.85 bits per heavy atom. The summed E-state index contributed by atoms with van der Waals surface area (Å²) in [7, 11) is 0. The monoisotopic (exact) mass is 388 g/mol. The number of hydrogen-bond acceptors (Lipinski definition) is 5. The smallest absolute Gasteiger partial charge is 0.408 e. The minimum Gasteiger partial charge on any atom is -0.464 e. The number of carbonyl (C=O) groups excluding carboxylic acids is 2. The average molecular weight is 389 g/mol. The number of alkyl carbamates (subject to hydrolysis) is 1. The fourth-order valence-corrected chi connectivity index (χ4v) is 2.53. The second kappa shape index (κ2) is 8.20. The number of esters is 1. The fraction of sp³-hybridized carbons (Fsp3) is 0.611. The molecule has 1 aromatic heterocycles. The van der Waals surface area contributed by atoms with Crippen molar-refractivity contribution in [2.75, 3.05) is 6.61 Å². The molecular weight excluding hydrogens is 363 g/mol. The first-order chi connectivity index (χ1) is 11.8. The van der Waals surface area contributed by atoms with E-state index in [0.29, 0.717) is 5.56 Å². The maximum Gasteiger partial charge on any atom is 0.408 e. The summed E-state index contributed by atoms with van der Waals surface area (Å²) in [6.45, 7) is 12.2. The number of amides is 1. The predicted octanol–water partition coefficient (Wildman–Crippen LogP) is 4.30. The zero-order valence-electron chi connectivity index (χ0n) is 16.2. The van der Waals surface area contributed by atoms with E-state index in [4.69, 9.17) is 21.1 Å². The number of halogens is 2. The van der Waals surface area contributed by atoms with Gasteiger partial charge < -0.3 is 14.8 Å². The van der Waals surface area contributed by atoms with E-state index >= 15 is 0 Å². The third-order valence-electron chi connectivity index (χ3n) is 3.22. The van der Waals surface area contributed by atoms with Crippen LogP contribution in [-0.4, -0.2) is 29.3 Å². The third-order valence-corrected chi connectivity index (χ3v) is 3.51.